The normalized spacial score (nSPS) is 9.89. The molecule has 0 saturated heterocycles. The van der Waals surface area contributed by atoms with E-state index in [4.69, 9.17) is 4.74 Å². The second kappa shape index (κ2) is 6.50. The molecular formula is C16H14O3. The van der Waals surface area contributed by atoms with E-state index in [-0.39, 0.29) is 5.97 Å². The average molecular weight is 254 g/mol. The van der Waals surface area contributed by atoms with E-state index in [1.54, 1.807) is 36.4 Å². The fraction of sp³-hybridized carbons (Fsp3) is 0.125. The smallest absolute Gasteiger partial charge is 0.343 e. The van der Waals surface area contributed by atoms with Crippen LogP contribution in [0.3, 0.4) is 0 Å². The number of para-hydroxylation sites is 1. The number of carbonyl (C=O) groups is 2. The number of hydrogen-bond acceptors (Lipinski definition) is 3. The summed E-state index contributed by atoms with van der Waals surface area (Å²) in [5.74, 6) is 0.123. The van der Waals surface area contributed by atoms with E-state index in [2.05, 4.69) is 0 Å². The topological polar surface area (TPSA) is 43.4 Å². The molecule has 19 heavy (non-hydrogen) atoms. The minimum Gasteiger partial charge on any atom is -0.423 e. The standard InChI is InChI=1S/C16H14O3/c17-12-6-10-13-7-4-5-11-15(13)19-16(18)14-8-2-1-3-9-14/h1-5,7-9,11-12H,6,10H2. The van der Waals surface area contributed by atoms with Crippen LogP contribution in [0.25, 0.3) is 0 Å². The predicted molar refractivity (Wildman–Crippen MR) is 72.2 cm³/mol. The summed E-state index contributed by atoms with van der Waals surface area (Å²) in [6.45, 7) is 0. The van der Waals surface area contributed by atoms with Gasteiger partial charge in [-0.25, -0.2) is 4.79 Å². The molecule has 2 aromatic carbocycles. The molecule has 0 aliphatic rings. The number of hydrogen-bond donors (Lipinski definition) is 0. The second-order valence-electron chi connectivity index (χ2n) is 4.07. The van der Waals surface area contributed by atoms with Gasteiger partial charge in [0.15, 0.2) is 0 Å². The van der Waals surface area contributed by atoms with E-state index < -0.39 is 0 Å². The van der Waals surface area contributed by atoms with E-state index in [0.29, 0.717) is 24.2 Å². The van der Waals surface area contributed by atoms with Crippen LogP contribution in [0.1, 0.15) is 22.3 Å². The van der Waals surface area contributed by atoms with Crippen molar-refractivity contribution in [3.05, 3.63) is 65.7 Å². The van der Waals surface area contributed by atoms with Gasteiger partial charge < -0.3 is 9.53 Å². The van der Waals surface area contributed by atoms with Crippen molar-refractivity contribution in [2.24, 2.45) is 0 Å². The summed E-state index contributed by atoms with van der Waals surface area (Å²) in [6, 6.07) is 16.1. The van der Waals surface area contributed by atoms with Crippen LogP contribution in [0, 0.1) is 0 Å². The maximum absolute atomic E-state index is 11.9. The van der Waals surface area contributed by atoms with Crippen LogP contribution >= 0.6 is 0 Å². The highest BCUT2D eigenvalue weighted by Crippen LogP contribution is 2.20. The van der Waals surface area contributed by atoms with E-state index in [9.17, 15) is 9.59 Å². The lowest BCUT2D eigenvalue weighted by molar-refractivity contribution is -0.107. The van der Waals surface area contributed by atoms with Crippen molar-refractivity contribution in [1.82, 2.24) is 0 Å². The molecule has 0 aliphatic heterocycles. The van der Waals surface area contributed by atoms with Crippen LogP contribution in [0.15, 0.2) is 54.6 Å². The van der Waals surface area contributed by atoms with Crippen LogP contribution < -0.4 is 4.74 Å². The Hall–Kier alpha value is -2.42. The fourth-order valence-corrected chi connectivity index (χ4v) is 1.76. The fourth-order valence-electron chi connectivity index (χ4n) is 1.76. The lowest BCUT2D eigenvalue weighted by Gasteiger charge is -2.08. The largest absolute Gasteiger partial charge is 0.423 e. The van der Waals surface area contributed by atoms with Crippen LogP contribution in [-0.4, -0.2) is 12.3 Å². The monoisotopic (exact) mass is 254 g/mol. The molecule has 0 radical (unpaired) electrons. The van der Waals surface area contributed by atoms with Crippen molar-refractivity contribution in [1.29, 1.82) is 0 Å². The summed E-state index contributed by atoms with van der Waals surface area (Å²) >= 11 is 0. The molecular weight excluding hydrogens is 240 g/mol. The first-order valence-electron chi connectivity index (χ1n) is 6.10. The molecule has 0 spiro atoms. The van der Waals surface area contributed by atoms with Gasteiger partial charge in [-0.3, -0.25) is 0 Å². The highest BCUT2D eigenvalue weighted by molar-refractivity contribution is 5.91. The average Bonchev–Trinajstić information content (AvgIpc) is 2.47. The number of benzene rings is 2. The zero-order valence-corrected chi connectivity index (χ0v) is 10.4. The van der Waals surface area contributed by atoms with Crippen LogP contribution in [0.5, 0.6) is 5.75 Å². The second-order valence-corrected chi connectivity index (χ2v) is 4.07. The lowest BCUT2D eigenvalue weighted by Crippen LogP contribution is -2.09. The number of aryl methyl sites for hydroxylation is 1. The Bertz CT molecular complexity index is 561. The van der Waals surface area contributed by atoms with Crippen molar-refractivity contribution in [2.75, 3.05) is 0 Å². The number of esters is 1. The van der Waals surface area contributed by atoms with Crippen molar-refractivity contribution in [3.8, 4) is 5.75 Å². The SMILES string of the molecule is O=CCCc1ccccc1OC(=O)c1ccccc1. The van der Waals surface area contributed by atoms with E-state index in [1.807, 2.05) is 18.2 Å². The summed E-state index contributed by atoms with van der Waals surface area (Å²) in [5, 5.41) is 0. The molecule has 0 N–H and O–H groups in total. The van der Waals surface area contributed by atoms with Gasteiger partial charge in [0, 0.05) is 6.42 Å². The number of ether oxygens (including phenoxy) is 1. The molecule has 2 aromatic rings. The first kappa shape index (κ1) is 13.0. The number of rotatable bonds is 5. The molecule has 96 valence electrons. The van der Waals surface area contributed by atoms with Gasteiger partial charge in [-0.1, -0.05) is 36.4 Å². The molecule has 0 fully saturated rings. The van der Waals surface area contributed by atoms with E-state index >= 15 is 0 Å². The zero-order chi connectivity index (χ0) is 13.5. The van der Waals surface area contributed by atoms with Gasteiger partial charge in [0.05, 0.1) is 5.56 Å². The highest BCUT2D eigenvalue weighted by atomic mass is 16.5. The Labute approximate surface area is 111 Å². The van der Waals surface area contributed by atoms with Gasteiger partial charge in [0.25, 0.3) is 0 Å². The van der Waals surface area contributed by atoms with Gasteiger partial charge in [0.1, 0.15) is 12.0 Å². The van der Waals surface area contributed by atoms with Gasteiger partial charge in [-0.2, -0.15) is 0 Å². The van der Waals surface area contributed by atoms with Gasteiger partial charge in [-0.05, 0) is 30.2 Å². The van der Waals surface area contributed by atoms with Crippen LogP contribution in [0.4, 0.5) is 0 Å². The lowest BCUT2D eigenvalue weighted by atomic mass is 10.1. The van der Waals surface area contributed by atoms with Crippen LogP contribution in [0.2, 0.25) is 0 Å². The maximum atomic E-state index is 11.9. The van der Waals surface area contributed by atoms with Crippen molar-refractivity contribution in [3.63, 3.8) is 0 Å². The van der Waals surface area contributed by atoms with Gasteiger partial charge >= 0.3 is 5.97 Å². The Morgan fingerprint density at radius 2 is 1.68 bits per heavy atom. The summed E-state index contributed by atoms with van der Waals surface area (Å²) in [4.78, 5) is 22.4. The number of aldehydes is 1. The molecule has 2 rings (SSSR count). The van der Waals surface area contributed by atoms with Crippen LogP contribution in [-0.2, 0) is 11.2 Å². The van der Waals surface area contributed by atoms with Crippen molar-refractivity contribution >= 4 is 12.3 Å². The van der Waals surface area contributed by atoms with Crippen molar-refractivity contribution in [2.45, 2.75) is 12.8 Å². The summed E-state index contributed by atoms with van der Waals surface area (Å²) < 4.78 is 5.37. The molecule has 0 bridgehead atoms. The molecule has 0 heterocycles. The molecule has 3 heteroatoms. The maximum Gasteiger partial charge on any atom is 0.343 e. The van der Waals surface area contributed by atoms with Crippen molar-refractivity contribution < 1.29 is 14.3 Å². The Balaban J connectivity index is 2.14. The Kier molecular flexibility index (Phi) is 4.45. The molecule has 0 aromatic heterocycles. The molecule has 0 aliphatic carbocycles. The molecule has 0 amide bonds. The van der Waals surface area contributed by atoms with Gasteiger partial charge in [-0.15, -0.1) is 0 Å². The minimum atomic E-state index is -0.390. The quantitative estimate of drug-likeness (QED) is 0.468. The summed E-state index contributed by atoms with van der Waals surface area (Å²) in [7, 11) is 0. The Morgan fingerprint density at radius 3 is 2.42 bits per heavy atom. The molecule has 0 atom stereocenters. The first-order chi connectivity index (χ1) is 9.31. The highest BCUT2D eigenvalue weighted by Gasteiger charge is 2.10. The molecule has 0 unspecified atom stereocenters. The Morgan fingerprint density at radius 1 is 1.00 bits per heavy atom. The third-order valence-corrected chi connectivity index (χ3v) is 2.72. The summed E-state index contributed by atoms with van der Waals surface area (Å²) in [5.41, 5.74) is 1.37. The number of carbonyl (C=O) groups excluding carboxylic acids is 2. The summed E-state index contributed by atoms with van der Waals surface area (Å²) in [6.07, 6.45) is 1.84. The van der Waals surface area contributed by atoms with E-state index in [1.165, 1.54) is 0 Å². The predicted octanol–water partition coefficient (Wildman–Crippen LogP) is 3.04. The molecule has 3 nitrogen and oxygen atoms in total. The third kappa shape index (κ3) is 3.52. The zero-order valence-electron chi connectivity index (χ0n) is 10.4. The minimum absolute atomic E-state index is 0.390. The third-order valence-electron chi connectivity index (χ3n) is 2.72. The van der Waals surface area contributed by atoms with E-state index in [0.717, 1.165) is 11.8 Å². The van der Waals surface area contributed by atoms with Gasteiger partial charge in [0.2, 0.25) is 0 Å². The first-order valence-corrected chi connectivity index (χ1v) is 6.10. The molecule has 0 saturated carbocycles.